The Kier molecular flexibility index (Phi) is 4.68. The highest BCUT2D eigenvalue weighted by Gasteiger charge is 2.11. The van der Waals surface area contributed by atoms with Crippen LogP contribution < -0.4 is 5.32 Å². The Morgan fingerprint density at radius 2 is 2.14 bits per heavy atom. The number of hydrogen-bond donors (Lipinski definition) is 1. The molecule has 110 valence electrons. The van der Waals surface area contributed by atoms with E-state index < -0.39 is 10.9 Å². The highest BCUT2D eigenvalue weighted by Crippen LogP contribution is 2.13. The number of furan rings is 1. The molecule has 0 saturated heterocycles. The van der Waals surface area contributed by atoms with E-state index in [1.54, 1.807) is 18.2 Å². The predicted octanol–water partition coefficient (Wildman–Crippen LogP) is 2.26. The van der Waals surface area contributed by atoms with Crippen molar-refractivity contribution in [2.45, 2.75) is 13.1 Å². The minimum absolute atomic E-state index is 0.0558. The van der Waals surface area contributed by atoms with Gasteiger partial charge >= 0.3 is 5.97 Å². The van der Waals surface area contributed by atoms with E-state index in [9.17, 15) is 14.9 Å². The topological polar surface area (TPSA) is 94.6 Å². The van der Waals surface area contributed by atoms with Crippen LogP contribution >= 0.6 is 0 Å². The molecule has 1 aromatic carbocycles. The maximum atomic E-state index is 11.2. The van der Waals surface area contributed by atoms with Crippen LogP contribution in [0.15, 0.2) is 40.8 Å². The molecule has 0 bridgehead atoms. The summed E-state index contributed by atoms with van der Waals surface area (Å²) in [6.07, 6.45) is 0. The molecule has 0 radical (unpaired) electrons. The Labute approximate surface area is 120 Å². The third kappa shape index (κ3) is 3.90. The fourth-order valence-corrected chi connectivity index (χ4v) is 1.79. The Balaban J connectivity index is 1.89. The molecule has 0 amide bonds. The van der Waals surface area contributed by atoms with Gasteiger partial charge in [-0.05, 0) is 17.7 Å². The third-order valence-corrected chi connectivity index (χ3v) is 2.80. The summed E-state index contributed by atoms with van der Waals surface area (Å²) in [7, 11) is 1.28. The molecule has 1 heterocycles. The van der Waals surface area contributed by atoms with Crippen molar-refractivity contribution in [1.82, 2.24) is 5.32 Å². The number of carbonyl (C=O) groups is 1. The first-order valence-electron chi connectivity index (χ1n) is 6.21. The lowest BCUT2D eigenvalue weighted by molar-refractivity contribution is -0.384. The van der Waals surface area contributed by atoms with Gasteiger partial charge in [-0.15, -0.1) is 0 Å². The number of ether oxygens (including phenoxy) is 1. The van der Waals surface area contributed by atoms with Gasteiger partial charge in [-0.3, -0.25) is 10.1 Å². The molecule has 7 nitrogen and oxygen atoms in total. The normalized spacial score (nSPS) is 10.3. The Morgan fingerprint density at radius 1 is 1.33 bits per heavy atom. The largest absolute Gasteiger partial charge is 0.463 e. The Hall–Kier alpha value is -2.67. The van der Waals surface area contributed by atoms with E-state index >= 15 is 0 Å². The molecular weight excluding hydrogens is 276 g/mol. The molecule has 0 unspecified atom stereocenters. The first kappa shape index (κ1) is 14.7. The van der Waals surface area contributed by atoms with Gasteiger partial charge in [0.15, 0.2) is 0 Å². The lowest BCUT2D eigenvalue weighted by atomic mass is 10.2. The van der Waals surface area contributed by atoms with Crippen molar-refractivity contribution in [2.75, 3.05) is 7.11 Å². The molecule has 0 aliphatic carbocycles. The van der Waals surface area contributed by atoms with Crippen molar-refractivity contribution in [2.24, 2.45) is 0 Å². The number of nitrogens with zero attached hydrogens (tertiary/aromatic N) is 1. The summed E-state index contributed by atoms with van der Waals surface area (Å²) in [5.41, 5.74) is 0.851. The van der Waals surface area contributed by atoms with E-state index in [0.29, 0.717) is 18.8 Å². The molecule has 0 atom stereocenters. The molecule has 7 heteroatoms. The van der Waals surface area contributed by atoms with Crippen LogP contribution in [0.3, 0.4) is 0 Å². The van der Waals surface area contributed by atoms with E-state index in [0.717, 1.165) is 5.56 Å². The summed E-state index contributed by atoms with van der Waals surface area (Å²) in [6.45, 7) is 0.857. The minimum Gasteiger partial charge on any atom is -0.463 e. The monoisotopic (exact) mass is 290 g/mol. The number of nitrogens with one attached hydrogen (secondary N) is 1. The van der Waals surface area contributed by atoms with Gasteiger partial charge in [0.2, 0.25) is 5.76 Å². The maximum absolute atomic E-state index is 11.2. The molecule has 0 aliphatic rings. The van der Waals surface area contributed by atoms with Crippen LogP contribution in [0, 0.1) is 10.1 Å². The minimum atomic E-state index is -0.528. The van der Waals surface area contributed by atoms with Crippen LogP contribution in [-0.4, -0.2) is 18.0 Å². The summed E-state index contributed by atoms with van der Waals surface area (Å²) >= 11 is 0. The van der Waals surface area contributed by atoms with Crippen LogP contribution in [0.1, 0.15) is 21.9 Å². The van der Waals surface area contributed by atoms with Crippen molar-refractivity contribution in [3.63, 3.8) is 0 Å². The van der Waals surface area contributed by atoms with Crippen LogP contribution in [0.4, 0.5) is 5.69 Å². The highest BCUT2D eigenvalue weighted by atomic mass is 16.6. The second kappa shape index (κ2) is 6.67. The molecule has 0 spiro atoms. The molecule has 1 aromatic heterocycles. The lowest BCUT2D eigenvalue weighted by Gasteiger charge is -2.03. The summed E-state index contributed by atoms with van der Waals surface area (Å²) in [4.78, 5) is 21.5. The Bertz CT molecular complexity index is 650. The van der Waals surface area contributed by atoms with E-state index in [2.05, 4.69) is 10.1 Å². The second-order valence-electron chi connectivity index (χ2n) is 4.29. The van der Waals surface area contributed by atoms with Gasteiger partial charge in [0.25, 0.3) is 5.69 Å². The summed E-state index contributed by atoms with van der Waals surface area (Å²) < 4.78 is 9.83. The number of nitro groups is 1. The standard InChI is InChI=1S/C14H14N2O5/c1-20-14(17)13-6-5-12(21-13)9-15-8-10-3-2-4-11(7-10)16(18)19/h2-7,15H,8-9H2,1H3. The number of esters is 1. The molecular formula is C14H14N2O5. The van der Waals surface area contributed by atoms with Crippen molar-refractivity contribution in [1.29, 1.82) is 0 Å². The molecule has 0 fully saturated rings. The molecule has 0 saturated carbocycles. The van der Waals surface area contributed by atoms with Crippen molar-refractivity contribution < 1.29 is 18.9 Å². The summed E-state index contributed by atoms with van der Waals surface area (Å²) in [5, 5.41) is 13.8. The first-order chi connectivity index (χ1) is 10.1. The van der Waals surface area contributed by atoms with E-state index in [1.165, 1.54) is 25.3 Å². The molecule has 2 rings (SSSR count). The molecule has 0 aliphatic heterocycles. The zero-order valence-electron chi connectivity index (χ0n) is 11.4. The zero-order chi connectivity index (χ0) is 15.2. The van der Waals surface area contributed by atoms with Gasteiger partial charge in [-0.25, -0.2) is 4.79 Å². The van der Waals surface area contributed by atoms with Gasteiger partial charge in [-0.2, -0.15) is 0 Å². The van der Waals surface area contributed by atoms with Gasteiger partial charge in [0.1, 0.15) is 5.76 Å². The van der Waals surface area contributed by atoms with Gasteiger partial charge < -0.3 is 14.5 Å². The fourth-order valence-electron chi connectivity index (χ4n) is 1.79. The Morgan fingerprint density at radius 3 is 2.86 bits per heavy atom. The van der Waals surface area contributed by atoms with Crippen LogP contribution in [0.2, 0.25) is 0 Å². The lowest BCUT2D eigenvalue weighted by Crippen LogP contribution is -2.12. The number of benzene rings is 1. The smallest absolute Gasteiger partial charge is 0.373 e. The number of methoxy groups -OCH3 is 1. The SMILES string of the molecule is COC(=O)c1ccc(CNCc2cccc([N+](=O)[O-])c2)o1. The number of carbonyl (C=O) groups excluding carboxylic acids is 1. The van der Waals surface area contributed by atoms with E-state index in [-0.39, 0.29) is 11.4 Å². The van der Waals surface area contributed by atoms with Crippen molar-refractivity contribution >= 4 is 11.7 Å². The molecule has 1 N–H and O–H groups in total. The first-order valence-corrected chi connectivity index (χ1v) is 6.21. The summed E-state index contributed by atoms with van der Waals surface area (Å²) in [6, 6.07) is 9.59. The maximum Gasteiger partial charge on any atom is 0.373 e. The number of nitro benzene ring substituents is 1. The third-order valence-electron chi connectivity index (χ3n) is 2.80. The molecule has 21 heavy (non-hydrogen) atoms. The van der Waals surface area contributed by atoms with E-state index in [4.69, 9.17) is 4.42 Å². The van der Waals surface area contributed by atoms with E-state index in [1.807, 2.05) is 0 Å². The molecule has 2 aromatic rings. The fraction of sp³-hybridized carbons (Fsp3) is 0.214. The van der Waals surface area contributed by atoms with Gasteiger partial charge in [-0.1, -0.05) is 12.1 Å². The average Bonchev–Trinajstić information content (AvgIpc) is 2.95. The van der Waals surface area contributed by atoms with Gasteiger partial charge in [0.05, 0.1) is 18.6 Å². The van der Waals surface area contributed by atoms with Gasteiger partial charge in [0, 0.05) is 18.7 Å². The summed E-state index contributed by atoms with van der Waals surface area (Å²) in [5.74, 6) is 0.199. The number of hydrogen-bond acceptors (Lipinski definition) is 6. The van der Waals surface area contributed by atoms with Crippen LogP contribution in [0.25, 0.3) is 0 Å². The van der Waals surface area contributed by atoms with Crippen molar-refractivity contribution in [3.05, 3.63) is 63.6 Å². The number of non-ortho nitro benzene ring substituents is 1. The predicted molar refractivity (Wildman–Crippen MR) is 73.7 cm³/mol. The second-order valence-corrected chi connectivity index (χ2v) is 4.29. The quantitative estimate of drug-likeness (QED) is 0.498. The zero-order valence-corrected chi connectivity index (χ0v) is 11.4. The average molecular weight is 290 g/mol. The van der Waals surface area contributed by atoms with Crippen molar-refractivity contribution in [3.8, 4) is 0 Å². The number of rotatable bonds is 6. The highest BCUT2D eigenvalue weighted by molar-refractivity contribution is 5.86. The van der Waals surface area contributed by atoms with Crippen LogP contribution in [0.5, 0.6) is 0 Å². The van der Waals surface area contributed by atoms with Crippen LogP contribution in [-0.2, 0) is 17.8 Å².